The van der Waals surface area contributed by atoms with Crippen molar-refractivity contribution in [2.45, 2.75) is 63.1 Å². The van der Waals surface area contributed by atoms with Crippen LogP contribution in [0.4, 0.5) is 5.69 Å². The van der Waals surface area contributed by atoms with E-state index in [0.717, 1.165) is 18.2 Å². The van der Waals surface area contributed by atoms with E-state index in [2.05, 4.69) is 42.9 Å². The van der Waals surface area contributed by atoms with Crippen LogP contribution in [0.3, 0.4) is 0 Å². The van der Waals surface area contributed by atoms with E-state index in [0.29, 0.717) is 30.0 Å². The number of carbonyl (C=O) groups excluding carboxylic acids is 1. The lowest BCUT2D eigenvalue weighted by molar-refractivity contribution is -0.122. The number of carboxylic acids is 1. The average molecular weight is 768 g/mol. The van der Waals surface area contributed by atoms with Gasteiger partial charge in [0.2, 0.25) is 15.9 Å². The van der Waals surface area contributed by atoms with Crippen molar-refractivity contribution in [2.75, 3.05) is 11.9 Å². The molecule has 4 rings (SSSR count). The number of carboxylic acid groups (broad SMARTS) is 1. The number of nitrogens with one attached hydrogen (secondary N) is 1. The Hall–Kier alpha value is -4.12. The second-order valence-electron chi connectivity index (χ2n) is 11.7. The normalized spacial score (nSPS) is 12.7. The molecule has 1 amide bonds. The quantitative estimate of drug-likeness (QED) is 0.0936. The third kappa shape index (κ3) is 13.2. The molecule has 0 aliphatic heterocycles. The first-order valence-corrected chi connectivity index (χ1v) is 18.8. The Bertz CT molecular complexity index is 1820. The van der Waals surface area contributed by atoms with Gasteiger partial charge in [-0.15, -0.1) is 0 Å². The predicted octanol–water partition coefficient (Wildman–Crippen LogP) is 4.32. The van der Waals surface area contributed by atoms with Crippen molar-refractivity contribution in [3.8, 4) is 0 Å². The molecule has 0 aliphatic rings. The van der Waals surface area contributed by atoms with Gasteiger partial charge in [0.1, 0.15) is 16.1 Å². The summed E-state index contributed by atoms with van der Waals surface area (Å²) in [5.41, 5.74) is 6.57. The Morgan fingerprint density at radius 3 is 2.04 bits per heavy atom. The molecule has 4 aromatic rings. The van der Waals surface area contributed by atoms with Crippen LogP contribution in [0.1, 0.15) is 61.5 Å². The largest absolute Gasteiger partial charge is 0.478 e. The SMILES string of the molecule is CC(C)N(CCC(C(N)=O)(c1ccccc1)c1ccccn1)C(C)C.NS(=O)(=O)c1cc(C(=O)O)c(NCc2ccco2)cc1Cl.O=P(O)(O)O. The molecule has 0 saturated carbocycles. The smallest absolute Gasteiger partial charge is 0.466 e. The highest BCUT2D eigenvalue weighted by Gasteiger charge is 2.42. The maximum absolute atomic E-state index is 12.7. The summed E-state index contributed by atoms with van der Waals surface area (Å²) in [6, 6.07) is 21.7. The van der Waals surface area contributed by atoms with Crippen LogP contribution in [-0.2, 0) is 31.3 Å². The van der Waals surface area contributed by atoms with E-state index in [4.69, 9.17) is 51.2 Å². The van der Waals surface area contributed by atoms with Crippen LogP contribution in [0.25, 0.3) is 0 Å². The third-order valence-corrected chi connectivity index (χ3v) is 8.88. The number of benzene rings is 2. The summed E-state index contributed by atoms with van der Waals surface area (Å²) in [5, 5.41) is 16.8. The van der Waals surface area contributed by atoms with Crippen molar-refractivity contribution in [3.63, 3.8) is 0 Å². The Labute approximate surface area is 301 Å². The van der Waals surface area contributed by atoms with Crippen molar-refractivity contribution in [3.05, 3.63) is 113 Å². The molecule has 0 aliphatic carbocycles. The molecule has 0 bridgehead atoms. The minimum absolute atomic E-state index is 0.163. The number of hydrogen-bond donors (Lipinski definition) is 7. The van der Waals surface area contributed by atoms with E-state index in [1.807, 2.05) is 48.5 Å². The van der Waals surface area contributed by atoms with Crippen molar-refractivity contribution in [1.82, 2.24) is 9.88 Å². The molecule has 18 heteroatoms. The number of furan rings is 1. The van der Waals surface area contributed by atoms with E-state index in [1.54, 1.807) is 18.3 Å². The first-order chi connectivity index (χ1) is 23.7. The van der Waals surface area contributed by atoms with Gasteiger partial charge in [0, 0.05) is 24.8 Å². The second-order valence-corrected chi connectivity index (χ2v) is 14.6. The number of phosphoric acid groups is 1. The van der Waals surface area contributed by atoms with E-state index in [-0.39, 0.29) is 28.7 Å². The number of rotatable bonds is 13. The number of amides is 1. The molecule has 9 N–H and O–H groups in total. The maximum Gasteiger partial charge on any atom is 0.466 e. The molecule has 0 spiro atoms. The lowest BCUT2D eigenvalue weighted by Crippen LogP contribution is -2.47. The summed E-state index contributed by atoms with van der Waals surface area (Å²) < 4.78 is 36.7. The highest BCUT2D eigenvalue weighted by molar-refractivity contribution is 7.89. The summed E-state index contributed by atoms with van der Waals surface area (Å²) in [5.74, 6) is -1.08. The predicted molar refractivity (Wildman–Crippen MR) is 192 cm³/mol. The van der Waals surface area contributed by atoms with Crippen molar-refractivity contribution >= 4 is 47.0 Å². The van der Waals surface area contributed by atoms with Crippen LogP contribution in [-0.4, -0.2) is 68.6 Å². The Kier molecular flexibility index (Phi) is 16.0. The number of primary sulfonamides is 1. The number of carbonyl (C=O) groups is 2. The number of sulfonamides is 1. The number of nitrogens with zero attached hydrogens (tertiary/aromatic N) is 2. The molecule has 0 saturated heterocycles. The lowest BCUT2D eigenvalue weighted by Gasteiger charge is -2.36. The highest BCUT2D eigenvalue weighted by Crippen LogP contribution is 2.35. The van der Waals surface area contributed by atoms with Crippen LogP contribution in [0.15, 0.2) is 94.6 Å². The lowest BCUT2D eigenvalue weighted by atomic mass is 9.73. The standard InChI is InChI=1S/C21H29N3O.C12H11ClN2O5S.H3O4P/c1-16(2)24(17(3)4)15-13-21(20(22)25,18-10-6-5-7-11-18)19-12-8-9-14-23-19;13-9-5-10(15-6-7-2-1-3-20-7)8(12(16)17)4-11(9)21(14,18)19;1-5(2,3)4/h5-12,14,16-17H,13,15H2,1-4H3,(H2,22,25);1-5,15H,6H2,(H,16,17)(H2,14,18,19);(H3,1,2,3,4). The number of aromatic nitrogens is 1. The zero-order chi connectivity index (χ0) is 38.6. The molecule has 2 aromatic carbocycles. The van der Waals surface area contributed by atoms with Gasteiger partial charge in [0.15, 0.2) is 0 Å². The third-order valence-electron chi connectivity index (χ3n) is 7.50. The zero-order valence-corrected chi connectivity index (χ0v) is 30.8. The second kappa shape index (κ2) is 18.9. The van der Waals surface area contributed by atoms with Crippen LogP contribution in [0, 0.1) is 0 Å². The van der Waals surface area contributed by atoms with Gasteiger partial charge in [-0.2, -0.15) is 0 Å². The van der Waals surface area contributed by atoms with Crippen LogP contribution in [0.2, 0.25) is 5.02 Å². The summed E-state index contributed by atoms with van der Waals surface area (Å²) in [6.07, 6.45) is 3.80. The number of primary amides is 1. The van der Waals surface area contributed by atoms with Crippen LogP contribution in [0.5, 0.6) is 0 Å². The number of pyridine rings is 1. The fourth-order valence-corrected chi connectivity index (χ4v) is 6.35. The summed E-state index contributed by atoms with van der Waals surface area (Å²) in [7, 11) is -8.74. The molecule has 15 nitrogen and oxygen atoms in total. The first-order valence-electron chi connectivity index (χ1n) is 15.3. The fraction of sp³-hybridized carbons (Fsp3) is 0.303. The molecule has 1 atom stereocenters. The van der Waals surface area contributed by atoms with Gasteiger partial charge in [-0.3, -0.25) is 14.7 Å². The van der Waals surface area contributed by atoms with Crippen LogP contribution >= 0.6 is 19.4 Å². The zero-order valence-electron chi connectivity index (χ0n) is 28.4. The highest BCUT2D eigenvalue weighted by atomic mass is 35.5. The topological polar surface area (TPSA) is 260 Å². The van der Waals surface area contributed by atoms with Crippen molar-refractivity contribution < 1.29 is 46.8 Å². The number of aromatic carboxylic acids is 1. The van der Waals surface area contributed by atoms with E-state index in [9.17, 15) is 18.0 Å². The first kappa shape index (κ1) is 43.0. The van der Waals surface area contributed by atoms with Gasteiger partial charge < -0.3 is 35.3 Å². The van der Waals surface area contributed by atoms with Crippen molar-refractivity contribution in [2.24, 2.45) is 10.9 Å². The Morgan fingerprint density at radius 1 is 1.00 bits per heavy atom. The van der Waals surface area contributed by atoms with Gasteiger partial charge in [-0.25, -0.2) is 22.9 Å². The molecule has 0 fully saturated rings. The number of nitrogens with two attached hydrogens (primary N) is 2. The van der Waals surface area contributed by atoms with Gasteiger partial charge in [-0.1, -0.05) is 48.0 Å². The van der Waals surface area contributed by atoms with E-state index < -0.39 is 34.1 Å². The van der Waals surface area contributed by atoms with Gasteiger partial charge >= 0.3 is 13.8 Å². The molecule has 2 aromatic heterocycles. The molecule has 278 valence electrons. The average Bonchev–Trinajstić information content (AvgIpc) is 3.55. The van der Waals surface area contributed by atoms with E-state index in [1.165, 1.54) is 12.3 Å². The minimum atomic E-state index is -4.64. The van der Waals surface area contributed by atoms with E-state index >= 15 is 0 Å². The minimum Gasteiger partial charge on any atom is -0.478 e. The van der Waals surface area contributed by atoms with Gasteiger partial charge in [0.25, 0.3) is 0 Å². The fourth-order valence-electron chi connectivity index (χ4n) is 5.25. The van der Waals surface area contributed by atoms with Crippen LogP contribution < -0.4 is 16.2 Å². The maximum atomic E-state index is 12.7. The number of halogens is 1. The monoisotopic (exact) mass is 767 g/mol. The Balaban J connectivity index is 0.000000316. The summed E-state index contributed by atoms with van der Waals surface area (Å²) in [4.78, 5) is 52.0. The summed E-state index contributed by atoms with van der Waals surface area (Å²) in [6.45, 7) is 9.69. The van der Waals surface area contributed by atoms with Crippen molar-refractivity contribution in [1.29, 1.82) is 0 Å². The molecular formula is C33H43ClN5O10PS. The number of anilines is 1. The molecule has 1 unspecified atom stereocenters. The molecule has 2 heterocycles. The van der Waals surface area contributed by atoms with Gasteiger partial charge in [0.05, 0.1) is 34.8 Å². The molecule has 0 radical (unpaired) electrons. The van der Waals surface area contributed by atoms with Gasteiger partial charge in [-0.05, 0) is 76.1 Å². The number of hydrogen-bond acceptors (Lipinski definition) is 9. The molecule has 51 heavy (non-hydrogen) atoms. The Morgan fingerprint density at radius 2 is 1.59 bits per heavy atom. The molecular weight excluding hydrogens is 725 g/mol. The summed E-state index contributed by atoms with van der Waals surface area (Å²) >= 11 is 5.84.